The first-order valence-electron chi connectivity index (χ1n) is 6.96. The van der Waals surface area contributed by atoms with Gasteiger partial charge >= 0.3 is 0 Å². The van der Waals surface area contributed by atoms with Gasteiger partial charge in [0.05, 0.1) is 11.1 Å². The molecular weight excluding hydrogens is 228 g/mol. The van der Waals surface area contributed by atoms with Crippen molar-refractivity contribution in [2.24, 2.45) is 5.73 Å². The highest BCUT2D eigenvalue weighted by Gasteiger charge is 2.28. The van der Waals surface area contributed by atoms with Crippen LogP contribution < -0.4 is 11.1 Å². The van der Waals surface area contributed by atoms with Crippen LogP contribution in [0.5, 0.6) is 0 Å². The van der Waals surface area contributed by atoms with Gasteiger partial charge in [-0.15, -0.1) is 0 Å². The topological polar surface area (TPSA) is 64.3 Å². The minimum Gasteiger partial charge on any atom is -0.376 e. The van der Waals surface area contributed by atoms with Crippen LogP contribution in [0.1, 0.15) is 60.3 Å². The highest BCUT2D eigenvalue weighted by Crippen LogP contribution is 2.17. The van der Waals surface area contributed by atoms with E-state index in [1.165, 1.54) is 0 Å². The summed E-state index contributed by atoms with van der Waals surface area (Å²) in [5, 5.41) is 3.16. The Labute approximate surface area is 112 Å². The largest absolute Gasteiger partial charge is 0.376 e. The lowest BCUT2D eigenvalue weighted by atomic mass is 9.94. The van der Waals surface area contributed by atoms with E-state index >= 15 is 0 Å². The number of nitrogens with two attached hydrogens (primary N) is 1. The van der Waals surface area contributed by atoms with Crippen LogP contribution in [0.15, 0.2) is 0 Å². The first-order valence-corrected chi connectivity index (χ1v) is 6.96. The molecule has 0 fully saturated rings. The third-order valence-corrected chi connectivity index (χ3v) is 3.53. The summed E-state index contributed by atoms with van der Waals surface area (Å²) < 4.78 is 5.78. The lowest BCUT2D eigenvalue weighted by Gasteiger charge is -2.27. The first-order chi connectivity index (χ1) is 8.27. The molecule has 0 heterocycles. The average molecular weight is 258 g/mol. The Balaban J connectivity index is 3.92. The van der Waals surface area contributed by atoms with Crippen molar-refractivity contribution in [2.75, 3.05) is 13.2 Å². The number of ether oxygens (including phenoxy) is 1. The third-order valence-electron chi connectivity index (χ3n) is 3.53. The maximum absolute atomic E-state index is 11.4. The molecule has 0 aromatic carbocycles. The molecule has 0 saturated heterocycles. The van der Waals surface area contributed by atoms with Crippen LogP contribution in [0, 0.1) is 0 Å². The average Bonchev–Trinajstić information content (AvgIpc) is 2.28. The zero-order valence-corrected chi connectivity index (χ0v) is 12.6. The molecule has 0 radical (unpaired) electrons. The standard InChI is InChI=1S/C14H30N2O2/c1-6-13(3,4)18-11-9-8-10-14(5,12(15)17)16-7-2/h16H,6-11H2,1-5H3,(H2,15,17). The lowest BCUT2D eigenvalue weighted by Crippen LogP contribution is -2.53. The Hall–Kier alpha value is -0.610. The van der Waals surface area contributed by atoms with Crippen molar-refractivity contribution in [3.8, 4) is 0 Å². The summed E-state index contributed by atoms with van der Waals surface area (Å²) in [6.07, 6.45) is 3.65. The van der Waals surface area contributed by atoms with E-state index in [0.717, 1.165) is 38.8 Å². The number of hydrogen-bond acceptors (Lipinski definition) is 3. The molecule has 0 spiro atoms. The van der Waals surface area contributed by atoms with Gasteiger partial charge in [-0.2, -0.15) is 0 Å². The van der Waals surface area contributed by atoms with E-state index in [2.05, 4.69) is 26.1 Å². The second-order valence-electron chi connectivity index (χ2n) is 5.65. The van der Waals surface area contributed by atoms with E-state index in [4.69, 9.17) is 10.5 Å². The lowest BCUT2D eigenvalue weighted by molar-refractivity contribution is -0.124. The van der Waals surface area contributed by atoms with E-state index in [-0.39, 0.29) is 11.5 Å². The van der Waals surface area contributed by atoms with Crippen LogP contribution in [-0.4, -0.2) is 30.2 Å². The molecule has 0 aromatic rings. The molecule has 1 atom stereocenters. The number of unbranched alkanes of at least 4 members (excludes halogenated alkanes) is 1. The SMILES string of the molecule is CCNC(C)(CCCCOC(C)(C)CC)C(N)=O. The van der Waals surface area contributed by atoms with E-state index in [9.17, 15) is 4.79 Å². The minimum absolute atomic E-state index is 0.0470. The zero-order valence-electron chi connectivity index (χ0n) is 12.6. The highest BCUT2D eigenvalue weighted by atomic mass is 16.5. The van der Waals surface area contributed by atoms with Crippen molar-refractivity contribution in [1.29, 1.82) is 0 Å². The van der Waals surface area contributed by atoms with Gasteiger partial charge in [0.25, 0.3) is 0 Å². The smallest absolute Gasteiger partial charge is 0.237 e. The molecule has 4 heteroatoms. The summed E-state index contributed by atoms with van der Waals surface area (Å²) in [5.74, 6) is -0.279. The van der Waals surface area contributed by atoms with Gasteiger partial charge in [-0.3, -0.25) is 4.79 Å². The second-order valence-corrected chi connectivity index (χ2v) is 5.65. The van der Waals surface area contributed by atoms with Crippen LogP contribution in [0.2, 0.25) is 0 Å². The van der Waals surface area contributed by atoms with Crippen LogP contribution >= 0.6 is 0 Å². The fourth-order valence-electron chi connectivity index (χ4n) is 1.72. The summed E-state index contributed by atoms with van der Waals surface area (Å²) in [6.45, 7) is 11.7. The molecule has 3 N–H and O–H groups in total. The Morgan fingerprint density at radius 3 is 2.28 bits per heavy atom. The number of carbonyl (C=O) groups is 1. The highest BCUT2D eigenvalue weighted by molar-refractivity contribution is 5.84. The van der Waals surface area contributed by atoms with Crippen LogP contribution in [0.25, 0.3) is 0 Å². The molecule has 0 rings (SSSR count). The number of rotatable bonds is 10. The van der Waals surface area contributed by atoms with Gasteiger partial charge in [0.15, 0.2) is 0 Å². The van der Waals surface area contributed by atoms with E-state index < -0.39 is 5.54 Å². The first kappa shape index (κ1) is 17.4. The molecule has 0 aliphatic heterocycles. The van der Waals surface area contributed by atoms with Crippen molar-refractivity contribution in [2.45, 2.75) is 71.4 Å². The number of primary amides is 1. The fraction of sp³-hybridized carbons (Fsp3) is 0.929. The zero-order chi connectivity index (χ0) is 14.2. The summed E-state index contributed by atoms with van der Waals surface area (Å²) >= 11 is 0. The van der Waals surface area contributed by atoms with Gasteiger partial charge in [0, 0.05) is 6.61 Å². The van der Waals surface area contributed by atoms with Crippen LogP contribution in [0.3, 0.4) is 0 Å². The molecule has 0 aromatic heterocycles. The fourth-order valence-corrected chi connectivity index (χ4v) is 1.72. The van der Waals surface area contributed by atoms with Gasteiger partial charge in [0.2, 0.25) is 5.91 Å². The Morgan fingerprint density at radius 2 is 1.83 bits per heavy atom. The second kappa shape index (κ2) is 7.74. The number of carbonyl (C=O) groups excluding carboxylic acids is 1. The summed E-state index contributed by atoms with van der Waals surface area (Å²) in [6, 6.07) is 0. The van der Waals surface area contributed by atoms with E-state index in [0.29, 0.717) is 0 Å². The maximum atomic E-state index is 11.4. The summed E-state index contributed by atoms with van der Waals surface area (Å²) in [7, 11) is 0. The molecule has 0 aliphatic rings. The quantitative estimate of drug-likeness (QED) is 0.591. The third kappa shape index (κ3) is 6.36. The molecule has 18 heavy (non-hydrogen) atoms. The van der Waals surface area contributed by atoms with Gasteiger partial charge in [0.1, 0.15) is 0 Å². The van der Waals surface area contributed by atoms with Crippen molar-refractivity contribution in [1.82, 2.24) is 5.32 Å². The van der Waals surface area contributed by atoms with Crippen molar-refractivity contribution in [3.63, 3.8) is 0 Å². The monoisotopic (exact) mass is 258 g/mol. The predicted octanol–water partition coefficient (Wildman–Crippen LogP) is 2.22. The maximum Gasteiger partial charge on any atom is 0.237 e. The van der Waals surface area contributed by atoms with Gasteiger partial charge in [-0.1, -0.05) is 13.8 Å². The van der Waals surface area contributed by atoms with Gasteiger partial charge < -0.3 is 15.8 Å². The van der Waals surface area contributed by atoms with E-state index in [1.54, 1.807) is 0 Å². The Morgan fingerprint density at radius 1 is 1.22 bits per heavy atom. The minimum atomic E-state index is -0.588. The summed E-state index contributed by atoms with van der Waals surface area (Å²) in [4.78, 5) is 11.4. The molecule has 1 unspecified atom stereocenters. The van der Waals surface area contributed by atoms with Crippen molar-refractivity contribution in [3.05, 3.63) is 0 Å². The van der Waals surface area contributed by atoms with Crippen LogP contribution in [0.4, 0.5) is 0 Å². The molecule has 1 amide bonds. The Kier molecular flexibility index (Phi) is 7.48. The molecular formula is C14H30N2O2. The van der Waals surface area contributed by atoms with Crippen molar-refractivity contribution >= 4 is 5.91 Å². The predicted molar refractivity (Wildman–Crippen MR) is 75.4 cm³/mol. The molecule has 0 bridgehead atoms. The number of likely N-dealkylation sites (N-methyl/N-ethyl adjacent to an activating group) is 1. The number of amides is 1. The van der Waals surface area contributed by atoms with Crippen molar-refractivity contribution < 1.29 is 9.53 Å². The summed E-state index contributed by atoms with van der Waals surface area (Å²) in [5.41, 5.74) is 4.79. The van der Waals surface area contributed by atoms with Gasteiger partial charge in [-0.25, -0.2) is 0 Å². The number of nitrogens with one attached hydrogen (secondary N) is 1. The van der Waals surface area contributed by atoms with Gasteiger partial charge in [-0.05, 0) is 53.0 Å². The number of hydrogen-bond donors (Lipinski definition) is 2. The van der Waals surface area contributed by atoms with Crippen LogP contribution in [-0.2, 0) is 9.53 Å². The molecule has 0 saturated carbocycles. The normalized spacial score (nSPS) is 15.4. The molecule has 108 valence electrons. The van der Waals surface area contributed by atoms with E-state index in [1.807, 2.05) is 13.8 Å². The Bertz CT molecular complexity index is 254. The molecule has 0 aliphatic carbocycles. The molecule has 4 nitrogen and oxygen atoms in total.